The Kier molecular flexibility index (Phi) is 5.60. The first kappa shape index (κ1) is 18.3. The Balaban J connectivity index is 1.61. The van der Waals surface area contributed by atoms with E-state index in [1.807, 2.05) is 0 Å². The number of likely N-dealkylation sites (tertiary alicyclic amines) is 1. The van der Waals surface area contributed by atoms with Gasteiger partial charge < -0.3 is 0 Å². The second-order valence-electron chi connectivity index (χ2n) is 7.27. The van der Waals surface area contributed by atoms with Crippen LogP contribution in [0.1, 0.15) is 35.4 Å². The lowest BCUT2D eigenvalue weighted by Gasteiger charge is -2.16. The standard InChI is InChI=1S/C22H26N4S/c1-17-10-11-18(2)19(14-17)16-27-22-24-23-21(15-25-12-6-7-13-25)26(22)20-8-4-3-5-9-20/h3-5,8-11,14H,6-7,12-13,15-16H2,1-2H3. The highest BCUT2D eigenvalue weighted by Gasteiger charge is 2.19. The molecule has 2 aromatic carbocycles. The molecule has 1 fully saturated rings. The molecule has 0 spiro atoms. The van der Waals surface area contributed by atoms with Gasteiger partial charge in [-0.1, -0.05) is 53.7 Å². The van der Waals surface area contributed by atoms with Crippen LogP contribution in [0.15, 0.2) is 53.7 Å². The zero-order valence-corrected chi connectivity index (χ0v) is 16.9. The number of nitrogens with zero attached hydrogens (tertiary/aromatic N) is 4. The quantitative estimate of drug-likeness (QED) is 0.579. The van der Waals surface area contributed by atoms with Crippen molar-refractivity contribution in [3.8, 4) is 5.69 Å². The number of benzene rings is 2. The molecular formula is C22H26N4S. The van der Waals surface area contributed by atoms with Crippen LogP contribution in [0.4, 0.5) is 0 Å². The van der Waals surface area contributed by atoms with Crippen molar-refractivity contribution in [1.82, 2.24) is 19.7 Å². The van der Waals surface area contributed by atoms with Gasteiger partial charge in [0.15, 0.2) is 11.0 Å². The third-order valence-electron chi connectivity index (χ3n) is 5.14. The smallest absolute Gasteiger partial charge is 0.196 e. The monoisotopic (exact) mass is 378 g/mol. The lowest BCUT2D eigenvalue weighted by atomic mass is 10.1. The van der Waals surface area contributed by atoms with Gasteiger partial charge in [-0.2, -0.15) is 0 Å². The van der Waals surface area contributed by atoms with E-state index in [0.717, 1.165) is 42.1 Å². The van der Waals surface area contributed by atoms with E-state index in [-0.39, 0.29) is 0 Å². The van der Waals surface area contributed by atoms with E-state index in [1.54, 1.807) is 11.8 Å². The molecule has 0 amide bonds. The number of para-hydroxylation sites is 1. The molecular weight excluding hydrogens is 352 g/mol. The fourth-order valence-electron chi connectivity index (χ4n) is 3.57. The van der Waals surface area contributed by atoms with Crippen molar-refractivity contribution in [3.63, 3.8) is 0 Å². The lowest BCUT2D eigenvalue weighted by molar-refractivity contribution is 0.319. The average Bonchev–Trinajstić information content (AvgIpc) is 3.33. The molecule has 4 nitrogen and oxygen atoms in total. The van der Waals surface area contributed by atoms with Gasteiger partial charge in [0, 0.05) is 11.4 Å². The summed E-state index contributed by atoms with van der Waals surface area (Å²) in [6, 6.07) is 17.1. The van der Waals surface area contributed by atoms with Gasteiger partial charge in [-0.15, -0.1) is 10.2 Å². The minimum atomic E-state index is 0.867. The van der Waals surface area contributed by atoms with Crippen LogP contribution in [0, 0.1) is 13.8 Å². The Bertz CT molecular complexity index is 898. The van der Waals surface area contributed by atoms with Crippen molar-refractivity contribution < 1.29 is 0 Å². The van der Waals surface area contributed by atoms with Crippen molar-refractivity contribution in [1.29, 1.82) is 0 Å². The normalized spacial score (nSPS) is 14.7. The number of hydrogen-bond acceptors (Lipinski definition) is 4. The van der Waals surface area contributed by atoms with Crippen LogP contribution in [-0.4, -0.2) is 32.8 Å². The summed E-state index contributed by atoms with van der Waals surface area (Å²) >= 11 is 1.77. The van der Waals surface area contributed by atoms with Gasteiger partial charge in [-0.3, -0.25) is 9.47 Å². The molecule has 0 aliphatic carbocycles. The second-order valence-corrected chi connectivity index (χ2v) is 8.21. The molecule has 0 bridgehead atoms. The predicted octanol–water partition coefficient (Wildman–Crippen LogP) is 4.77. The van der Waals surface area contributed by atoms with Crippen molar-refractivity contribution in [2.24, 2.45) is 0 Å². The Morgan fingerprint density at radius 2 is 1.74 bits per heavy atom. The third-order valence-corrected chi connectivity index (χ3v) is 6.12. The predicted molar refractivity (Wildman–Crippen MR) is 111 cm³/mol. The molecule has 0 atom stereocenters. The molecule has 4 rings (SSSR count). The molecule has 27 heavy (non-hydrogen) atoms. The van der Waals surface area contributed by atoms with Crippen molar-refractivity contribution in [3.05, 3.63) is 71.0 Å². The molecule has 1 aliphatic heterocycles. The molecule has 3 aromatic rings. The molecule has 0 saturated carbocycles. The highest BCUT2D eigenvalue weighted by Crippen LogP contribution is 2.27. The first-order chi connectivity index (χ1) is 13.2. The van der Waals surface area contributed by atoms with Gasteiger partial charge in [0.1, 0.15) is 0 Å². The first-order valence-corrected chi connectivity index (χ1v) is 10.6. The SMILES string of the molecule is Cc1ccc(C)c(CSc2nnc(CN3CCCC3)n2-c2ccccc2)c1. The maximum absolute atomic E-state index is 4.56. The summed E-state index contributed by atoms with van der Waals surface area (Å²) in [6.07, 6.45) is 2.57. The zero-order valence-electron chi connectivity index (χ0n) is 16.1. The minimum Gasteiger partial charge on any atom is -0.296 e. The topological polar surface area (TPSA) is 34.0 Å². The summed E-state index contributed by atoms with van der Waals surface area (Å²) in [7, 11) is 0. The number of aromatic nitrogens is 3. The fourth-order valence-corrected chi connectivity index (χ4v) is 4.61. The summed E-state index contributed by atoms with van der Waals surface area (Å²) < 4.78 is 2.23. The van der Waals surface area contributed by atoms with E-state index in [0.29, 0.717) is 0 Å². The van der Waals surface area contributed by atoms with Gasteiger partial charge in [0.05, 0.1) is 6.54 Å². The molecule has 140 valence electrons. The molecule has 0 radical (unpaired) electrons. The van der Waals surface area contributed by atoms with E-state index in [4.69, 9.17) is 0 Å². The minimum absolute atomic E-state index is 0.867. The van der Waals surface area contributed by atoms with Crippen LogP contribution in [0.3, 0.4) is 0 Å². The Labute approximate surface area is 165 Å². The summed E-state index contributed by atoms with van der Waals surface area (Å²) in [5, 5.41) is 10.1. The molecule has 5 heteroatoms. The van der Waals surface area contributed by atoms with Crippen LogP contribution in [0.5, 0.6) is 0 Å². The number of hydrogen-bond donors (Lipinski definition) is 0. The van der Waals surface area contributed by atoms with Crippen LogP contribution < -0.4 is 0 Å². The summed E-state index contributed by atoms with van der Waals surface area (Å²) in [4.78, 5) is 2.47. The van der Waals surface area contributed by atoms with Crippen molar-refractivity contribution in [2.45, 2.75) is 44.1 Å². The van der Waals surface area contributed by atoms with Crippen LogP contribution >= 0.6 is 11.8 Å². The van der Waals surface area contributed by atoms with Crippen molar-refractivity contribution >= 4 is 11.8 Å². The van der Waals surface area contributed by atoms with E-state index >= 15 is 0 Å². The Morgan fingerprint density at radius 3 is 2.52 bits per heavy atom. The third kappa shape index (κ3) is 4.25. The largest absolute Gasteiger partial charge is 0.296 e. The zero-order chi connectivity index (χ0) is 18.6. The van der Waals surface area contributed by atoms with Crippen LogP contribution in [0.2, 0.25) is 0 Å². The second kappa shape index (κ2) is 8.28. The summed E-state index contributed by atoms with van der Waals surface area (Å²) in [6.45, 7) is 7.51. The molecule has 1 aromatic heterocycles. The summed E-state index contributed by atoms with van der Waals surface area (Å²) in [5.74, 6) is 1.94. The molecule has 0 N–H and O–H groups in total. The fraction of sp³-hybridized carbons (Fsp3) is 0.364. The van der Waals surface area contributed by atoms with E-state index in [2.05, 4.69) is 82.0 Å². The Hall–Kier alpha value is -2.11. The number of rotatable bonds is 6. The number of aryl methyl sites for hydroxylation is 2. The maximum Gasteiger partial charge on any atom is 0.196 e. The van der Waals surface area contributed by atoms with Gasteiger partial charge in [0.2, 0.25) is 0 Å². The summed E-state index contributed by atoms with van der Waals surface area (Å²) in [5.41, 5.74) is 5.13. The van der Waals surface area contributed by atoms with Gasteiger partial charge in [-0.25, -0.2) is 0 Å². The first-order valence-electron chi connectivity index (χ1n) is 9.62. The van der Waals surface area contributed by atoms with Crippen molar-refractivity contribution in [2.75, 3.05) is 13.1 Å². The average molecular weight is 379 g/mol. The Morgan fingerprint density at radius 1 is 0.963 bits per heavy atom. The lowest BCUT2D eigenvalue weighted by Crippen LogP contribution is -2.21. The molecule has 1 aliphatic rings. The number of thioether (sulfide) groups is 1. The van der Waals surface area contributed by atoms with Gasteiger partial charge in [0.25, 0.3) is 0 Å². The maximum atomic E-state index is 4.56. The highest BCUT2D eigenvalue weighted by atomic mass is 32.2. The van der Waals surface area contributed by atoms with E-state index < -0.39 is 0 Å². The van der Waals surface area contributed by atoms with Gasteiger partial charge >= 0.3 is 0 Å². The van der Waals surface area contributed by atoms with Crippen LogP contribution in [-0.2, 0) is 12.3 Å². The molecule has 0 unspecified atom stereocenters. The molecule has 2 heterocycles. The van der Waals surface area contributed by atoms with E-state index in [1.165, 1.54) is 29.5 Å². The molecule has 1 saturated heterocycles. The van der Waals surface area contributed by atoms with Gasteiger partial charge in [-0.05, 0) is 63.0 Å². The van der Waals surface area contributed by atoms with E-state index in [9.17, 15) is 0 Å². The highest BCUT2D eigenvalue weighted by molar-refractivity contribution is 7.98. The van der Waals surface area contributed by atoms with Crippen LogP contribution in [0.25, 0.3) is 5.69 Å².